The van der Waals surface area contributed by atoms with Gasteiger partial charge < -0.3 is 10.4 Å². The minimum absolute atomic E-state index is 0.0834. The summed E-state index contributed by atoms with van der Waals surface area (Å²) in [5.74, 6) is 0.611. The molecule has 0 saturated heterocycles. The van der Waals surface area contributed by atoms with Crippen LogP contribution in [0.5, 0.6) is 0 Å². The van der Waals surface area contributed by atoms with Gasteiger partial charge in [-0.2, -0.15) is 0 Å². The van der Waals surface area contributed by atoms with Crippen LogP contribution in [-0.2, 0) is 0 Å². The van der Waals surface area contributed by atoms with E-state index in [4.69, 9.17) is 0 Å². The van der Waals surface area contributed by atoms with E-state index in [9.17, 15) is 5.11 Å². The quantitative estimate of drug-likeness (QED) is 0.901. The van der Waals surface area contributed by atoms with Crippen LogP contribution in [0.15, 0.2) is 48.5 Å². The number of rotatable bonds is 3. The molecule has 2 nitrogen and oxygen atoms in total. The average Bonchev–Trinajstić information content (AvgIpc) is 3.07. The van der Waals surface area contributed by atoms with Crippen molar-refractivity contribution in [2.24, 2.45) is 5.92 Å². The predicted octanol–water partition coefficient (Wildman–Crippen LogP) is 3.51. The Morgan fingerprint density at radius 3 is 2.10 bits per heavy atom. The van der Waals surface area contributed by atoms with Gasteiger partial charge in [-0.15, -0.1) is 0 Å². The largest absolute Gasteiger partial charge is 0.393 e. The van der Waals surface area contributed by atoms with E-state index < -0.39 is 0 Å². The van der Waals surface area contributed by atoms with Crippen molar-refractivity contribution >= 4 is 0 Å². The van der Waals surface area contributed by atoms with E-state index >= 15 is 0 Å². The third kappa shape index (κ3) is 2.29. The van der Waals surface area contributed by atoms with Crippen molar-refractivity contribution in [3.05, 3.63) is 59.7 Å². The molecule has 2 aromatic carbocycles. The van der Waals surface area contributed by atoms with E-state index in [-0.39, 0.29) is 6.10 Å². The molecular formula is C19H21NO. The number of hydrogen-bond donors (Lipinski definition) is 2. The summed E-state index contributed by atoms with van der Waals surface area (Å²) in [4.78, 5) is 0. The Balaban J connectivity index is 1.60. The highest BCUT2D eigenvalue weighted by molar-refractivity contribution is 5.78. The van der Waals surface area contributed by atoms with Gasteiger partial charge in [-0.1, -0.05) is 48.5 Å². The predicted molar refractivity (Wildman–Crippen MR) is 85.1 cm³/mol. The van der Waals surface area contributed by atoms with Gasteiger partial charge in [-0.05, 0) is 54.0 Å². The minimum atomic E-state index is -0.0834. The summed E-state index contributed by atoms with van der Waals surface area (Å²) in [5.41, 5.74) is 5.49. The molecule has 2 unspecified atom stereocenters. The van der Waals surface area contributed by atoms with E-state index in [1.807, 2.05) is 0 Å². The number of fused-ring (bicyclic) bond motifs is 3. The van der Waals surface area contributed by atoms with Gasteiger partial charge in [0.1, 0.15) is 0 Å². The lowest BCUT2D eigenvalue weighted by atomic mass is 10.0. The molecule has 1 saturated carbocycles. The molecule has 4 rings (SSSR count). The van der Waals surface area contributed by atoms with E-state index in [0.717, 1.165) is 25.8 Å². The Bertz CT molecular complexity index is 606. The highest BCUT2D eigenvalue weighted by atomic mass is 16.3. The zero-order valence-electron chi connectivity index (χ0n) is 12.1. The maximum atomic E-state index is 9.68. The van der Waals surface area contributed by atoms with Crippen LogP contribution >= 0.6 is 0 Å². The molecule has 2 atom stereocenters. The van der Waals surface area contributed by atoms with Crippen molar-refractivity contribution in [1.82, 2.24) is 5.32 Å². The van der Waals surface area contributed by atoms with Crippen LogP contribution in [0.2, 0.25) is 0 Å². The van der Waals surface area contributed by atoms with Crippen LogP contribution in [0.3, 0.4) is 0 Å². The first-order valence-corrected chi connectivity index (χ1v) is 7.92. The Morgan fingerprint density at radius 2 is 1.52 bits per heavy atom. The van der Waals surface area contributed by atoms with Crippen LogP contribution < -0.4 is 5.32 Å². The maximum Gasteiger partial charge on any atom is 0.0589 e. The molecule has 0 spiro atoms. The van der Waals surface area contributed by atoms with Crippen molar-refractivity contribution in [2.75, 3.05) is 6.54 Å². The molecule has 0 amide bonds. The summed E-state index contributed by atoms with van der Waals surface area (Å²) in [5, 5.41) is 13.4. The normalized spacial score (nSPS) is 24.0. The van der Waals surface area contributed by atoms with E-state index in [1.54, 1.807) is 0 Å². The summed E-state index contributed by atoms with van der Waals surface area (Å²) in [6.07, 6.45) is 2.97. The molecule has 2 aliphatic rings. The lowest BCUT2D eigenvalue weighted by Gasteiger charge is -2.18. The summed E-state index contributed by atoms with van der Waals surface area (Å²) in [6.45, 7) is 0.990. The van der Waals surface area contributed by atoms with Gasteiger partial charge in [0.25, 0.3) is 0 Å². The smallest absolute Gasteiger partial charge is 0.0589 e. The zero-order chi connectivity index (χ0) is 14.2. The SMILES string of the molecule is OC1CCC(CNC2c3ccccc3-c3ccccc32)C1. The van der Waals surface area contributed by atoms with Crippen LogP contribution in [0.25, 0.3) is 11.1 Å². The molecule has 0 aliphatic heterocycles. The van der Waals surface area contributed by atoms with Crippen molar-refractivity contribution in [1.29, 1.82) is 0 Å². The summed E-state index contributed by atoms with van der Waals surface area (Å²) in [7, 11) is 0. The highest BCUT2D eigenvalue weighted by Crippen LogP contribution is 2.43. The molecule has 21 heavy (non-hydrogen) atoms. The fourth-order valence-electron chi connectivity index (χ4n) is 3.89. The monoisotopic (exact) mass is 279 g/mol. The molecular weight excluding hydrogens is 258 g/mol. The van der Waals surface area contributed by atoms with Gasteiger partial charge in [-0.3, -0.25) is 0 Å². The molecule has 2 aromatic rings. The van der Waals surface area contributed by atoms with Crippen LogP contribution in [0, 0.1) is 5.92 Å². The second-order valence-corrected chi connectivity index (χ2v) is 6.35. The van der Waals surface area contributed by atoms with Crippen LogP contribution in [-0.4, -0.2) is 17.8 Å². The maximum absolute atomic E-state index is 9.68. The molecule has 2 heteroatoms. The highest BCUT2D eigenvalue weighted by Gasteiger charge is 2.29. The first-order valence-electron chi connectivity index (χ1n) is 7.92. The van der Waals surface area contributed by atoms with Crippen molar-refractivity contribution in [2.45, 2.75) is 31.4 Å². The first kappa shape index (κ1) is 13.1. The number of nitrogens with one attached hydrogen (secondary N) is 1. The first-order chi connectivity index (χ1) is 10.3. The molecule has 0 heterocycles. The van der Waals surface area contributed by atoms with Gasteiger partial charge in [0, 0.05) is 0 Å². The number of aliphatic hydroxyl groups is 1. The Morgan fingerprint density at radius 1 is 0.905 bits per heavy atom. The molecule has 108 valence electrons. The molecule has 2 N–H and O–H groups in total. The van der Waals surface area contributed by atoms with E-state index in [2.05, 4.69) is 53.8 Å². The van der Waals surface area contributed by atoms with E-state index in [0.29, 0.717) is 12.0 Å². The fourth-order valence-corrected chi connectivity index (χ4v) is 3.89. The van der Waals surface area contributed by atoms with Gasteiger partial charge in [0.15, 0.2) is 0 Å². The van der Waals surface area contributed by atoms with Crippen molar-refractivity contribution in [3.8, 4) is 11.1 Å². The summed E-state index contributed by atoms with van der Waals surface area (Å²) in [6, 6.07) is 17.7. The Labute approximate surface area is 125 Å². The topological polar surface area (TPSA) is 32.3 Å². The third-order valence-corrected chi connectivity index (χ3v) is 4.96. The summed E-state index contributed by atoms with van der Waals surface area (Å²) >= 11 is 0. The molecule has 2 aliphatic carbocycles. The lowest BCUT2D eigenvalue weighted by molar-refractivity contribution is 0.177. The van der Waals surface area contributed by atoms with Gasteiger partial charge in [0.2, 0.25) is 0 Å². The van der Waals surface area contributed by atoms with Crippen LogP contribution in [0.1, 0.15) is 36.4 Å². The lowest BCUT2D eigenvalue weighted by Crippen LogP contribution is -2.26. The fraction of sp³-hybridized carbons (Fsp3) is 0.368. The van der Waals surface area contributed by atoms with E-state index in [1.165, 1.54) is 22.3 Å². The second-order valence-electron chi connectivity index (χ2n) is 6.35. The number of benzene rings is 2. The number of aliphatic hydroxyl groups excluding tert-OH is 1. The van der Waals surface area contributed by atoms with Crippen LogP contribution in [0.4, 0.5) is 0 Å². The second kappa shape index (κ2) is 5.28. The number of hydrogen-bond acceptors (Lipinski definition) is 2. The van der Waals surface area contributed by atoms with Gasteiger partial charge >= 0.3 is 0 Å². The van der Waals surface area contributed by atoms with Crippen molar-refractivity contribution in [3.63, 3.8) is 0 Å². The minimum Gasteiger partial charge on any atom is -0.393 e. The van der Waals surface area contributed by atoms with Gasteiger partial charge in [0.05, 0.1) is 12.1 Å². The Hall–Kier alpha value is -1.64. The zero-order valence-corrected chi connectivity index (χ0v) is 12.1. The molecule has 0 aromatic heterocycles. The Kier molecular flexibility index (Phi) is 3.28. The third-order valence-electron chi connectivity index (χ3n) is 4.96. The van der Waals surface area contributed by atoms with Gasteiger partial charge in [-0.25, -0.2) is 0 Å². The molecule has 1 fully saturated rings. The molecule has 0 bridgehead atoms. The molecule has 0 radical (unpaired) electrons. The standard InChI is InChI=1S/C19H21NO/c21-14-10-9-13(11-14)12-20-19-17-7-3-1-5-15(17)16-6-2-4-8-18(16)19/h1-8,13-14,19-21H,9-12H2. The summed E-state index contributed by atoms with van der Waals surface area (Å²) < 4.78 is 0. The average molecular weight is 279 g/mol. The van der Waals surface area contributed by atoms with Crippen molar-refractivity contribution < 1.29 is 5.11 Å².